The molecule has 0 radical (unpaired) electrons. The van der Waals surface area contributed by atoms with E-state index in [1.54, 1.807) is 35.2 Å². The van der Waals surface area contributed by atoms with Crippen molar-refractivity contribution in [3.63, 3.8) is 0 Å². The molecule has 6 unspecified atom stereocenters. The summed E-state index contributed by atoms with van der Waals surface area (Å²) in [7, 11) is 1.48. The molecular formula is C51H73ClFN3O9. The summed E-state index contributed by atoms with van der Waals surface area (Å²) in [6.07, 6.45) is 19.1. The average molecular weight is 927 g/mol. The van der Waals surface area contributed by atoms with Gasteiger partial charge in [-0.3, -0.25) is 4.90 Å². The summed E-state index contributed by atoms with van der Waals surface area (Å²) in [5.74, 6) is -1.99. The summed E-state index contributed by atoms with van der Waals surface area (Å²) < 4.78 is 40.1. The van der Waals surface area contributed by atoms with E-state index in [0.717, 1.165) is 56.1 Å². The SMILES string of the molecule is C=CCOC12Oc3ccc(OC(=O)NCCCCCCCCCCCC)cc3C3C(CCCCO)C(CCCCO)C=C(C(=NOC)CC1N(Cc1ccc(F)cc1)C(=O)OCCCl)C32. The molecule has 2 aromatic rings. The van der Waals surface area contributed by atoms with Crippen molar-refractivity contribution >= 4 is 29.5 Å². The van der Waals surface area contributed by atoms with Crippen molar-refractivity contribution in [2.75, 3.05) is 46.0 Å². The fourth-order valence-electron chi connectivity index (χ4n) is 10.1. The van der Waals surface area contributed by atoms with Gasteiger partial charge in [-0.05, 0) is 85.4 Å². The molecule has 1 saturated carbocycles. The minimum absolute atomic E-state index is 0.0103. The summed E-state index contributed by atoms with van der Waals surface area (Å²) >= 11 is 6.04. The molecule has 0 saturated heterocycles. The van der Waals surface area contributed by atoms with Crippen molar-refractivity contribution in [2.45, 2.75) is 140 Å². The van der Waals surface area contributed by atoms with Crippen molar-refractivity contribution in [3.8, 4) is 11.5 Å². The number of carbonyl (C=O) groups excluding carboxylic acids is 2. The molecule has 1 heterocycles. The second-order valence-corrected chi connectivity index (χ2v) is 17.9. The second kappa shape index (κ2) is 27.5. The highest BCUT2D eigenvalue weighted by Gasteiger charge is 2.65. The van der Waals surface area contributed by atoms with Crippen molar-refractivity contribution in [1.29, 1.82) is 0 Å². The van der Waals surface area contributed by atoms with Gasteiger partial charge in [0.25, 0.3) is 0 Å². The molecule has 360 valence electrons. The summed E-state index contributed by atoms with van der Waals surface area (Å²) in [4.78, 5) is 34.7. The Kier molecular flexibility index (Phi) is 21.9. The van der Waals surface area contributed by atoms with Crippen LogP contribution in [-0.4, -0.2) is 90.8 Å². The molecule has 65 heavy (non-hydrogen) atoms. The van der Waals surface area contributed by atoms with Gasteiger partial charge in [0.1, 0.15) is 37.1 Å². The molecular weight excluding hydrogens is 853 g/mol. The first-order valence-electron chi connectivity index (χ1n) is 24.1. The lowest BCUT2D eigenvalue weighted by molar-refractivity contribution is -0.256. The molecule has 0 aromatic heterocycles. The second-order valence-electron chi connectivity index (χ2n) is 17.5. The number of nitrogens with zero attached hydrogens (tertiary/aromatic N) is 2. The van der Waals surface area contributed by atoms with Gasteiger partial charge in [0.2, 0.25) is 5.79 Å². The van der Waals surface area contributed by atoms with E-state index in [1.807, 2.05) is 6.07 Å². The number of halogens is 2. The van der Waals surface area contributed by atoms with Crippen LogP contribution in [0.4, 0.5) is 14.0 Å². The number of oxime groups is 1. The van der Waals surface area contributed by atoms with E-state index in [1.165, 1.54) is 64.2 Å². The Morgan fingerprint density at radius 3 is 2.32 bits per heavy atom. The molecule has 1 aliphatic heterocycles. The Balaban J connectivity index is 1.55. The normalized spacial score (nSPS) is 22.5. The minimum atomic E-state index is -1.55. The zero-order valence-corrected chi connectivity index (χ0v) is 39.4. The van der Waals surface area contributed by atoms with E-state index in [0.29, 0.717) is 42.2 Å². The molecule has 14 heteroatoms. The summed E-state index contributed by atoms with van der Waals surface area (Å²) in [6, 6.07) is 10.4. The number of ether oxygens (including phenoxy) is 4. The molecule has 1 fully saturated rings. The highest BCUT2D eigenvalue weighted by molar-refractivity contribution is 6.18. The van der Waals surface area contributed by atoms with E-state index in [-0.39, 0.29) is 63.0 Å². The smallest absolute Gasteiger partial charge is 0.412 e. The molecule has 2 aliphatic carbocycles. The van der Waals surface area contributed by atoms with Gasteiger partial charge < -0.3 is 39.3 Å². The number of hydrogen-bond acceptors (Lipinski definition) is 10. The molecule has 12 nitrogen and oxygen atoms in total. The minimum Gasteiger partial charge on any atom is -0.459 e. The van der Waals surface area contributed by atoms with Gasteiger partial charge in [0.15, 0.2) is 0 Å². The largest absolute Gasteiger partial charge is 0.459 e. The number of fused-ring (bicyclic) bond motifs is 2. The van der Waals surface area contributed by atoms with Crippen LogP contribution in [0, 0.1) is 23.6 Å². The van der Waals surface area contributed by atoms with Gasteiger partial charge in [-0.25, -0.2) is 14.0 Å². The van der Waals surface area contributed by atoms with Crippen LogP contribution in [0.15, 0.2) is 71.9 Å². The molecule has 5 rings (SSSR count). The summed E-state index contributed by atoms with van der Waals surface area (Å²) in [5, 5.41) is 27.3. The number of aliphatic hydroxyl groups excluding tert-OH is 2. The number of rotatable bonds is 29. The van der Waals surface area contributed by atoms with Crippen LogP contribution in [0.5, 0.6) is 11.5 Å². The topological polar surface area (TPSA) is 148 Å². The zero-order valence-electron chi connectivity index (χ0n) is 38.7. The van der Waals surface area contributed by atoms with Gasteiger partial charge in [0.05, 0.1) is 24.1 Å². The van der Waals surface area contributed by atoms with Crippen LogP contribution in [-0.2, 0) is 20.9 Å². The Labute approximate surface area is 390 Å². The van der Waals surface area contributed by atoms with Crippen LogP contribution in [0.3, 0.4) is 0 Å². The number of amides is 2. The Bertz CT molecular complexity index is 1850. The molecule has 3 aliphatic rings. The van der Waals surface area contributed by atoms with Gasteiger partial charge in [-0.2, -0.15) is 0 Å². The number of allylic oxidation sites excluding steroid dienone is 1. The predicted octanol–water partition coefficient (Wildman–Crippen LogP) is 11.0. The quantitative estimate of drug-likeness (QED) is 0.0314. The van der Waals surface area contributed by atoms with E-state index < -0.39 is 35.8 Å². The standard InChI is InChI=1S/C51H73ClFN3O9/c1-4-6-7-8-9-10-11-12-13-16-28-54-49(59)64-40-25-26-45-43(34-40)47-41(20-15-18-30-58)38(19-14-17-29-57)33-42-44(55-61-3)35-46(51(65-45,48(42)47)63-31-5-2)56(50(60)62-32-27-52)36-37-21-23-39(53)24-22-37/h5,21-26,33-34,38,41,46-48,57-58H,2,4,6-20,27-32,35-36H2,1,3H3,(H,54,59). The van der Waals surface area contributed by atoms with Crippen molar-refractivity contribution < 1.29 is 48.0 Å². The molecule has 3 N–H and O–H groups in total. The van der Waals surface area contributed by atoms with Crippen molar-refractivity contribution in [3.05, 3.63) is 83.7 Å². The number of aliphatic hydroxyl groups is 2. The number of hydrogen-bond donors (Lipinski definition) is 3. The lowest BCUT2D eigenvalue weighted by atomic mass is 9.55. The first kappa shape index (κ1) is 51.8. The van der Waals surface area contributed by atoms with Crippen LogP contribution in [0.25, 0.3) is 0 Å². The maximum absolute atomic E-state index is 14.4. The molecule has 6 atom stereocenters. The number of nitrogens with one attached hydrogen (secondary N) is 1. The first-order valence-corrected chi connectivity index (χ1v) is 24.6. The van der Waals surface area contributed by atoms with Gasteiger partial charge in [0, 0.05) is 44.2 Å². The van der Waals surface area contributed by atoms with Crippen LogP contribution < -0.4 is 14.8 Å². The van der Waals surface area contributed by atoms with Gasteiger partial charge >= 0.3 is 12.2 Å². The summed E-state index contributed by atoms with van der Waals surface area (Å²) in [5.41, 5.74) is 2.92. The third-order valence-electron chi connectivity index (χ3n) is 13.0. The van der Waals surface area contributed by atoms with Crippen molar-refractivity contribution in [1.82, 2.24) is 10.2 Å². The molecule has 2 amide bonds. The third-order valence-corrected chi connectivity index (χ3v) is 13.2. The maximum Gasteiger partial charge on any atom is 0.412 e. The highest BCUT2D eigenvalue weighted by Crippen LogP contribution is 2.62. The molecule has 0 spiro atoms. The Hall–Kier alpha value is -4.17. The van der Waals surface area contributed by atoms with Gasteiger partial charge in [-0.1, -0.05) is 107 Å². The predicted molar refractivity (Wildman–Crippen MR) is 252 cm³/mol. The highest BCUT2D eigenvalue weighted by atomic mass is 35.5. The first-order chi connectivity index (χ1) is 31.7. The summed E-state index contributed by atoms with van der Waals surface area (Å²) in [6.45, 7) is 6.88. The van der Waals surface area contributed by atoms with E-state index in [4.69, 9.17) is 35.4 Å². The van der Waals surface area contributed by atoms with Crippen LogP contribution >= 0.6 is 11.6 Å². The third kappa shape index (κ3) is 14.2. The zero-order chi connectivity index (χ0) is 46.4. The molecule has 2 aromatic carbocycles. The lowest BCUT2D eigenvalue weighted by Gasteiger charge is -2.59. The number of benzene rings is 2. The Morgan fingerprint density at radius 2 is 1.66 bits per heavy atom. The Morgan fingerprint density at radius 1 is 0.969 bits per heavy atom. The van der Waals surface area contributed by atoms with E-state index in [9.17, 15) is 24.2 Å². The van der Waals surface area contributed by atoms with Crippen LogP contribution in [0.1, 0.15) is 133 Å². The fourth-order valence-corrected chi connectivity index (χ4v) is 10.1. The molecule has 0 bridgehead atoms. The monoisotopic (exact) mass is 926 g/mol. The number of alkyl halides is 1. The fraction of sp³-hybridized carbons (Fsp3) is 0.627. The van der Waals surface area contributed by atoms with Crippen LogP contribution in [0.2, 0.25) is 0 Å². The van der Waals surface area contributed by atoms with Crippen molar-refractivity contribution in [2.24, 2.45) is 22.9 Å². The van der Waals surface area contributed by atoms with E-state index in [2.05, 4.69) is 30.1 Å². The van der Waals surface area contributed by atoms with Gasteiger partial charge in [-0.15, -0.1) is 18.2 Å². The van der Waals surface area contributed by atoms with E-state index >= 15 is 0 Å². The average Bonchev–Trinajstić information content (AvgIpc) is 3.30. The number of unbranched alkanes of at least 4 members (excludes halogenated alkanes) is 11. The maximum atomic E-state index is 14.4. The lowest BCUT2D eigenvalue weighted by Crippen LogP contribution is -2.70. The number of carbonyl (C=O) groups is 2.